The van der Waals surface area contributed by atoms with Crippen LogP contribution >= 0.6 is 0 Å². The highest BCUT2D eigenvalue weighted by Crippen LogP contribution is 2.31. The van der Waals surface area contributed by atoms with Gasteiger partial charge in [0.25, 0.3) is 0 Å². The van der Waals surface area contributed by atoms with Crippen LogP contribution in [-0.2, 0) is 4.74 Å². The van der Waals surface area contributed by atoms with Gasteiger partial charge >= 0.3 is 6.16 Å². The molecule has 18 heavy (non-hydrogen) atoms. The van der Waals surface area contributed by atoms with Crippen molar-refractivity contribution >= 4 is 17.1 Å². The average Bonchev–Trinajstić information content (AvgIpc) is 2.75. The van der Waals surface area contributed by atoms with Crippen LogP contribution in [0.5, 0.6) is 11.6 Å². The Balaban J connectivity index is 2.61. The van der Waals surface area contributed by atoms with E-state index in [4.69, 9.17) is 14.7 Å². The molecule has 0 saturated heterocycles. The van der Waals surface area contributed by atoms with E-state index in [9.17, 15) is 4.79 Å². The molecule has 0 aliphatic rings. The lowest BCUT2D eigenvalue weighted by Crippen LogP contribution is -2.09. The maximum Gasteiger partial charge on any atom is 0.514 e. The molecule has 0 spiro atoms. The number of ether oxygens (including phenoxy) is 3. The van der Waals surface area contributed by atoms with Crippen molar-refractivity contribution in [3.05, 3.63) is 24.3 Å². The molecule has 1 aromatic heterocycles. The van der Waals surface area contributed by atoms with E-state index >= 15 is 0 Å². The zero-order valence-corrected chi connectivity index (χ0v) is 9.84. The Bertz CT molecular complexity index is 639. The van der Waals surface area contributed by atoms with Gasteiger partial charge in [-0.25, -0.2) is 9.36 Å². The van der Waals surface area contributed by atoms with Gasteiger partial charge in [0, 0.05) is 11.5 Å². The summed E-state index contributed by atoms with van der Waals surface area (Å²) in [5.41, 5.74) is 0.593. The predicted octanol–water partition coefficient (Wildman–Crippen LogP) is 2.12. The average molecular weight is 246 g/mol. The monoisotopic (exact) mass is 246 g/mol. The molecule has 0 N–H and O–H groups in total. The van der Waals surface area contributed by atoms with Gasteiger partial charge in [0.05, 0.1) is 19.7 Å². The maximum absolute atomic E-state index is 11.1. The molecule has 0 atom stereocenters. The smallest absolute Gasteiger partial charge is 0.496 e. The Kier molecular flexibility index (Phi) is 3.06. The molecule has 0 aliphatic carbocycles. The lowest BCUT2D eigenvalue weighted by atomic mass is 10.2. The van der Waals surface area contributed by atoms with Crippen molar-refractivity contribution in [3.8, 4) is 17.8 Å². The zero-order valence-electron chi connectivity index (χ0n) is 9.84. The van der Waals surface area contributed by atoms with E-state index in [2.05, 4.69) is 4.74 Å². The second-order valence-corrected chi connectivity index (χ2v) is 3.37. The van der Waals surface area contributed by atoms with E-state index in [1.54, 1.807) is 24.3 Å². The summed E-state index contributed by atoms with van der Waals surface area (Å²) < 4.78 is 15.7. The molecule has 1 aromatic carbocycles. The van der Waals surface area contributed by atoms with Crippen LogP contribution in [0.2, 0.25) is 0 Å². The van der Waals surface area contributed by atoms with Crippen molar-refractivity contribution in [1.29, 1.82) is 5.26 Å². The van der Waals surface area contributed by atoms with Crippen LogP contribution in [0.15, 0.2) is 24.3 Å². The summed E-state index contributed by atoms with van der Waals surface area (Å²) in [7, 11) is 2.72. The molecule has 0 amide bonds. The van der Waals surface area contributed by atoms with E-state index in [1.165, 1.54) is 18.8 Å². The van der Waals surface area contributed by atoms with Gasteiger partial charge in [-0.1, -0.05) is 6.07 Å². The molecule has 92 valence electrons. The van der Waals surface area contributed by atoms with Crippen LogP contribution in [0.1, 0.15) is 0 Å². The number of fused-ring (bicyclic) bond motifs is 1. The summed E-state index contributed by atoms with van der Waals surface area (Å²) in [6.45, 7) is 0. The summed E-state index contributed by atoms with van der Waals surface area (Å²) in [5.74, 6) is 0.681. The second-order valence-electron chi connectivity index (χ2n) is 3.37. The van der Waals surface area contributed by atoms with E-state index in [1.807, 2.05) is 6.19 Å². The number of nitrogens with zero attached hydrogens (tertiary/aromatic N) is 2. The molecule has 0 aliphatic heterocycles. The summed E-state index contributed by atoms with van der Waals surface area (Å²) >= 11 is 0. The lowest BCUT2D eigenvalue weighted by molar-refractivity contribution is 0.119. The normalized spacial score (nSPS) is 9.83. The summed E-state index contributed by atoms with van der Waals surface area (Å²) in [6.07, 6.45) is 1.05. The van der Waals surface area contributed by atoms with Crippen molar-refractivity contribution in [2.75, 3.05) is 14.2 Å². The van der Waals surface area contributed by atoms with Crippen LogP contribution in [0.4, 0.5) is 4.79 Å². The third-order valence-corrected chi connectivity index (χ3v) is 2.45. The summed E-state index contributed by atoms with van der Waals surface area (Å²) in [4.78, 5) is 11.1. The number of carbonyl (C=O) groups excluding carboxylic acids is 1. The van der Waals surface area contributed by atoms with Gasteiger partial charge < -0.3 is 14.2 Å². The molecule has 0 radical (unpaired) electrons. The molecule has 6 nitrogen and oxygen atoms in total. The molecule has 1 heterocycles. The number of benzene rings is 1. The van der Waals surface area contributed by atoms with Gasteiger partial charge in [-0.15, -0.1) is 0 Å². The fourth-order valence-electron chi connectivity index (χ4n) is 1.66. The first-order valence-corrected chi connectivity index (χ1v) is 5.05. The fraction of sp³-hybridized carbons (Fsp3) is 0.167. The highest BCUT2D eigenvalue weighted by Gasteiger charge is 2.15. The quantitative estimate of drug-likeness (QED) is 0.759. The van der Waals surface area contributed by atoms with Crippen LogP contribution in [0.3, 0.4) is 0 Å². The van der Waals surface area contributed by atoms with Crippen LogP contribution < -0.4 is 9.47 Å². The van der Waals surface area contributed by atoms with Gasteiger partial charge in [-0.05, 0) is 12.1 Å². The number of hydrogen-bond acceptors (Lipinski definition) is 5. The minimum absolute atomic E-state index is 0.0869. The number of nitriles is 1. The number of rotatable bonds is 2. The third-order valence-electron chi connectivity index (χ3n) is 2.45. The molecule has 2 rings (SSSR count). The Hall–Kier alpha value is -2.68. The first-order valence-electron chi connectivity index (χ1n) is 5.05. The van der Waals surface area contributed by atoms with E-state index < -0.39 is 6.16 Å². The lowest BCUT2D eigenvalue weighted by Gasteiger charge is -2.01. The van der Waals surface area contributed by atoms with E-state index in [-0.39, 0.29) is 5.88 Å². The Morgan fingerprint density at radius 1 is 1.39 bits per heavy atom. The summed E-state index contributed by atoms with van der Waals surface area (Å²) in [6, 6.07) is 6.78. The van der Waals surface area contributed by atoms with Crippen molar-refractivity contribution < 1.29 is 19.0 Å². The van der Waals surface area contributed by atoms with Crippen molar-refractivity contribution in [2.45, 2.75) is 0 Å². The van der Waals surface area contributed by atoms with Crippen molar-refractivity contribution in [1.82, 2.24) is 4.57 Å². The standard InChI is InChI=1S/C12H10N2O4/c1-16-10-5-3-4-9-8(10)6-11(14(9)7-13)18-12(15)17-2/h3-6H,1-2H3. The molecular formula is C12H10N2O4. The van der Waals surface area contributed by atoms with Gasteiger partial charge in [-0.3, -0.25) is 0 Å². The zero-order chi connectivity index (χ0) is 13.1. The molecule has 6 heteroatoms. The van der Waals surface area contributed by atoms with Crippen LogP contribution in [0, 0.1) is 11.5 Å². The summed E-state index contributed by atoms with van der Waals surface area (Å²) in [5, 5.41) is 9.78. The highest BCUT2D eigenvalue weighted by molar-refractivity contribution is 5.89. The molecule has 0 fully saturated rings. The maximum atomic E-state index is 11.1. The SMILES string of the molecule is COC(=O)Oc1cc2c(OC)cccc2n1C#N. The predicted molar refractivity (Wildman–Crippen MR) is 62.5 cm³/mol. The molecule has 2 aromatic rings. The first kappa shape index (κ1) is 11.8. The van der Waals surface area contributed by atoms with E-state index in [0.29, 0.717) is 16.7 Å². The number of carbonyl (C=O) groups is 1. The Morgan fingerprint density at radius 3 is 2.78 bits per heavy atom. The van der Waals surface area contributed by atoms with Gasteiger partial charge in [0.15, 0.2) is 6.19 Å². The highest BCUT2D eigenvalue weighted by atomic mass is 16.7. The topological polar surface area (TPSA) is 73.5 Å². The molecule has 0 bridgehead atoms. The van der Waals surface area contributed by atoms with Crippen molar-refractivity contribution in [2.24, 2.45) is 0 Å². The number of methoxy groups -OCH3 is 2. The number of hydrogen-bond donors (Lipinski definition) is 0. The molecular weight excluding hydrogens is 236 g/mol. The van der Waals surface area contributed by atoms with Crippen LogP contribution in [0.25, 0.3) is 10.9 Å². The van der Waals surface area contributed by atoms with Gasteiger partial charge in [0.1, 0.15) is 5.75 Å². The van der Waals surface area contributed by atoms with Gasteiger partial charge in [0.2, 0.25) is 5.88 Å². The Morgan fingerprint density at radius 2 is 2.17 bits per heavy atom. The minimum atomic E-state index is -0.881. The fourth-order valence-corrected chi connectivity index (χ4v) is 1.66. The minimum Gasteiger partial charge on any atom is -0.496 e. The van der Waals surface area contributed by atoms with E-state index in [0.717, 1.165) is 0 Å². The third kappa shape index (κ3) is 1.82. The van der Waals surface area contributed by atoms with Gasteiger partial charge in [-0.2, -0.15) is 5.26 Å². The number of aromatic nitrogens is 1. The van der Waals surface area contributed by atoms with Crippen molar-refractivity contribution in [3.63, 3.8) is 0 Å². The largest absolute Gasteiger partial charge is 0.514 e. The Labute approximate surface area is 103 Å². The first-order chi connectivity index (χ1) is 8.71. The molecule has 0 saturated carbocycles. The van der Waals surface area contributed by atoms with Crippen LogP contribution in [-0.4, -0.2) is 24.9 Å². The second kappa shape index (κ2) is 4.67. The molecule has 0 unspecified atom stereocenters.